The molecule has 2 aromatic rings. The Morgan fingerprint density at radius 3 is 2.68 bits per heavy atom. The minimum atomic E-state index is -4.35. The maximum atomic E-state index is 12.6. The highest BCUT2D eigenvalue weighted by molar-refractivity contribution is 14.0. The van der Waals surface area contributed by atoms with Crippen molar-refractivity contribution in [3.63, 3.8) is 0 Å². The van der Waals surface area contributed by atoms with Crippen molar-refractivity contribution < 1.29 is 22.6 Å². The van der Waals surface area contributed by atoms with Gasteiger partial charge in [-0.25, -0.2) is 4.99 Å². The van der Waals surface area contributed by atoms with E-state index in [9.17, 15) is 13.2 Å². The van der Waals surface area contributed by atoms with E-state index < -0.39 is 11.7 Å². The second-order valence-corrected chi connectivity index (χ2v) is 6.86. The van der Waals surface area contributed by atoms with Crippen LogP contribution in [0, 0.1) is 0 Å². The average molecular weight is 553 g/mol. The van der Waals surface area contributed by atoms with Crippen LogP contribution in [0.25, 0.3) is 0 Å². The van der Waals surface area contributed by atoms with Crippen molar-refractivity contribution in [3.05, 3.63) is 47.8 Å². The average Bonchev–Trinajstić information content (AvgIpc) is 3.16. The van der Waals surface area contributed by atoms with Gasteiger partial charge >= 0.3 is 6.18 Å². The van der Waals surface area contributed by atoms with Crippen LogP contribution < -0.4 is 10.1 Å². The summed E-state index contributed by atoms with van der Waals surface area (Å²) in [6.45, 7) is 5.28. The first-order valence-corrected chi connectivity index (χ1v) is 9.80. The fourth-order valence-electron chi connectivity index (χ4n) is 3.13. The van der Waals surface area contributed by atoms with Crippen LogP contribution in [-0.2, 0) is 18.0 Å². The fourth-order valence-corrected chi connectivity index (χ4v) is 3.13. The number of nitrogens with one attached hydrogen (secondary N) is 1. The molecular formula is C20H27F3IN5O2. The second-order valence-electron chi connectivity index (χ2n) is 6.86. The lowest BCUT2D eigenvalue weighted by atomic mass is 10.1. The van der Waals surface area contributed by atoms with E-state index in [2.05, 4.69) is 20.3 Å². The minimum absolute atomic E-state index is 0. The molecule has 0 spiro atoms. The molecule has 7 nitrogen and oxygen atoms in total. The summed E-state index contributed by atoms with van der Waals surface area (Å²) in [6, 6.07) is 4.65. The molecule has 1 aromatic heterocycles. The Kier molecular flexibility index (Phi) is 9.41. The third kappa shape index (κ3) is 7.27. The zero-order valence-electron chi connectivity index (χ0n) is 17.4. The first-order chi connectivity index (χ1) is 14.4. The molecule has 0 amide bonds. The summed E-state index contributed by atoms with van der Waals surface area (Å²) in [5.41, 5.74) is 0.321. The zero-order valence-corrected chi connectivity index (χ0v) is 19.8. The van der Waals surface area contributed by atoms with E-state index in [1.807, 2.05) is 20.2 Å². The molecular weight excluding hydrogens is 526 g/mol. The number of hydrogen-bond acceptors (Lipinski definition) is 4. The topological polar surface area (TPSA) is 63.9 Å². The van der Waals surface area contributed by atoms with Crippen molar-refractivity contribution in [1.82, 2.24) is 20.0 Å². The summed E-state index contributed by atoms with van der Waals surface area (Å²) in [6.07, 6.45) is -0.693. The van der Waals surface area contributed by atoms with Gasteiger partial charge in [0.2, 0.25) is 0 Å². The smallest absolute Gasteiger partial charge is 0.416 e. The number of rotatable bonds is 6. The number of alkyl halides is 3. The molecule has 172 valence electrons. The summed E-state index contributed by atoms with van der Waals surface area (Å²) >= 11 is 0. The highest BCUT2D eigenvalue weighted by atomic mass is 127. The highest BCUT2D eigenvalue weighted by Crippen LogP contribution is 2.30. The number of aryl methyl sites for hydroxylation is 1. The monoisotopic (exact) mass is 553 g/mol. The molecule has 0 aliphatic carbocycles. The first-order valence-electron chi connectivity index (χ1n) is 9.80. The predicted molar refractivity (Wildman–Crippen MR) is 122 cm³/mol. The Hall–Kier alpha value is -2.02. The standard InChI is InChI=1S/C20H26F3N5O2.HI/c1-3-24-19(28-9-11-30-18(14-28)15-12-26-27(2)13-15)25-8-10-29-17-6-4-16(5-7-17)20(21,22)23;/h4-7,12-13,18H,3,8-11,14H2,1-2H3,(H,24,25);1H. The van der Waals surface area contributed by atoms with Crippen LogP contribution in [0.1, 0.15) is 24.2 Å². The molecule has 0 radical (unpaired) electrons. The van der Waals surface area contributed by atoms with Gasteiger partial charge in [0, 0.05) is 31.9 Å². The number of aromatic nitrogens is 2. The van der Waals surface area contributed by atoms with Gasteiger partial charge in [0.25, 0.3) is 0 Å². The Balaban J connectivity index is 0.00000341. The second kappa shape index (κ2) is 11.6. The lowest BCUT2D eigenvalue weighted by Gasteiger charge is -2.34. The van der Waals surface area contributed by atoms with Gasteiger partial charge in [-0.05, 0) is 31.2 Å². The number of hydrogen-bond donors (Lipinski definition) is 1. The lowest BCUT2D eigenvalue weighted by Crippen LogP contribution is -2.48. The van der Waals surface area contributed by atoms with Crippen LogP contribution in [0.4, 0.5) is 13.2 Å². The molecule has 1 aliphatic heterocycles. The maximum Gasteiger partial charge on any atom is 0.416 e. The van der Waals surface area contributed by atoms with E-state index in [1.165, 1.54) is 12.1 Å². The normalized spacial score (nSPS) is 17.3. The van der Waals surface area contributed by atoms with Crippen molar-refractivity contribution in [2.45, 2.75) is 19.2 Å². The Morgan fingerprint density at radius 2 is 2.06 bits per heavy atom. The summed E-state index contributed by atoms with van der Waals surface area (Å²) < 4.78 is 51.0. The van der Waals surface area contributed by atoms with Gasteiger partial charge in [0.15, 0.2) is 5.96 Å². The molecule has 1 fully saturated rings. The molecule has 3 rings (SSSR count). The van der Waals surface area contributed by atoms with Gasteiger partial charge in [0.1, 0.15) is 18.5 Å². The Bertz CT molecular complexity index is 842. The van der Waals surface area contributed by atoms with Gasteiger partial charge in [0.05, 0.1) is 31.5 Å². The molecule has 0 saturated carbocycles. The number of benzene rings is 1. The van der Waals surface area contributed by atoms with Crippen molar-refractivity contribution in [2.75, 3.05) is 39.4 Å². The van der Waals surface area contributed by atoms with E-state index >= 15 is 0 Å². The van der Waals surface area contributed by atoms with Crippen molar-refractivity contribution in [3.8, 4) is 5.75 Å². The summed E-state index contributed by atoms with van der Waals surface area (Å²) in [5.74, 6) is 1.14. The Labute approximate surface area is 196 Å². The molecule has 1 unspecified atom stereocenters. The molecule has 1 saturated heterocycles. The van der Waals surface area contributed by atoms with E-state index in [0.29, 0.717) is 38.5 Å². The summed E-state index contributed by atoms with van der Waals surface area (Å²) in [5, 5.41) is 7.47. The molecule has 1 aliphatic rings. The van der Waals surface area contributed by atoms with Crippen molar-refractivity contribution in [2.24, 2.45) is 12.0 Å². The summed E-state index contributed by atoms with van der Waals surface area (Å²) in [4.78, 5) is 6.72. The highest BCUT2D eigenvalue weighted by Gasteiger charge is 2.30. The minimum Gasteiger partial charge on any atom is -0.492 e. The van der Waals surface area contributed by atoms with Crippen LogP contribution in [-0.4, -0.2) is 60.0 Å². The molecule has 0 bridgehead atoms. The van der Waals surface area contributed by atoms with Gasteiger partial charge in [-0.3, -0.25) is 4.68 Å². The molecule has 31 heavy (non-hydrogen) atoms. The number of nitrogens with zero attached hydrogens (tertiary/aromatic N) is 4. The van der Waals surface area contributed by atoms with Gasteiger partial charge in [-0.2, -0.15) is 18.3 Å². The molecule has 1 atom stereocenters. The van der Waals surface area contributed by atoms with E-state index in [-0.39, 0.29) is 36.7 Å². The van der Waals surface area contributed by atoms with Crippen LogP contribution >= 0.6 is 24.0 Å². The summed E-state index contributed by atoms with van der Waals surface area (Å²) in [7, 11) is 1.87. The Morgan fingerprint density at radius 1 is 1.32 bits per heavy atom. The van der Waals surface area contributed by atoms with E-state index in [0.717, 1.165) is 23.7 Å². The number of halogens is 4. The SMILES string of the molecule is CCNC(=NCCOc1ccc(C(F)(F)F)cc1)N1CCOC(c2cnn(C)c2)C1.I. The number of aliphatic imine (C=N–C) groups is 1. The third-order valence-corrected chi connectivity index (χ3v) is 4.60. The molecule has 11 heteroatoms. The quantitative estimate of drug-likeness (QED) is 0.257. The van der Waals surface area contributed by atoms with Gasteiger partial charge in [-0.1, -0.05) is 0 Å². The largest absolute Gasteiger partial charge is 0.492 e. The fraction of sp³-hybridized carbons (Fsp3) is 0.500. The van der Waals surface area contributed by atoms with Crippen LogP contribution in [0.3, 0.4) is 0 Å². The molecule has 1 N–H and O–H groups in total. The van der Waals surface area contributed by atoms with Crippen molar-refractivity contribution >= 4 is 29.9 Å². The molecule has 2 heterocycles. The van der Waals surface area contributed by atoms with Crippen LogP contribution in [0.2, 0.25) is 0 Å². The third-order valence-electron chi connectivity index (χ3n) is 4.60. The van der Waals surface area contributed by atoms with Crippen molar-refractivity contribution in [1.29, 1.82) is 0 Å². The molecule has 1 aromatic carbocycles. The predicted octanol–water partition coefficient (Wildman–Crippen LogP) is 3.47. The maximum absolute atomic E-state index is 12.6. The van der Waals surface area contributed by atoms with Gasteiger partial charge in [-0.15, -0.1) is 24.0 Å². The van der Waals surface area contributed by atoms with Crippen LogP contribution in [0.15, 0.2) is 41.7 Å². The zero-order chi connectivity index (χ0) is 21.6. The van der Waals surface area contributed by atoms with E-state index in [1.54, 1.807) is 10.9 Å². The lowest BCUT2D eigenvalue weighted by molar-refractivity contribution is -0.137. The van der Waals surface area contributed by atoms with Gasteiger partial charge < -0.3 is 19.7 Å². The van der Waals surface area contributed by atoms with E-state index in [4.69, 9.17) is 9.47 Å². The number of guanidine groups is 1. The number of ether oxygens (including phenoxy) is 2. The number of morpholine rings is 1. The van der Waals surface area contributed by atoms with Crippen LogP contribution in [0.5, 0.6) is 5.75 Å². The first kappa shape index (κ1) is 25.2.